The third-order valence-corrected chi connectivity index (χ3v) is 5.10. The first-order chi connectivity index (χ1) is 14.0. The maximum absolute atomic E-state index is 12.3. The van der Waals surface area contributed by atoms with E-state index in [1.807, 2.05) is 18.2 Å². The number of nitrogens with one attached hydrogen (secondary N) is 1. The molecule has 3 aromatic rings. The van der Waals surface area contributed by atoms with Crippen LogP contribution in [0.5, 0.6) is 5.75 Å². The number of rotatable bonds is 5. The van der Waals surface area contributed by atoms with Crippen molar-refractivity contribution in [1.82, 2.24) is 4.90 Å². The number of hydrogen-bond acceptors (Lipinski definition) is 4. The predicted molar refractivity (Wildman–Crippen MR) is 111 cm³/mol. The molecule has 1 heterocycles. The van der Waals surface area contributed by atoms with Crippen molar-refractivity contribution < 1.29 is 18.7 Å². The molecule has 29 heavy (non-hydrogen) atoms. The summed E-state index contributed by atoms with van der Waals surface area (Å²) in [5.41, 5.74) is 3.22. The Hall–Kier alpha value is -3.28. The molecule has 150 valence electrons. The number of aryl methyl sites for hydroxylation is 2. The molecule has 0 aliphatic heterocycles. The van der Waals surface area contributed by atoms with Crippen LogP contribution >= 0.6 is 0 Å². The third-order valence-electron chi connectivity index (χ3n) is 5.10. The Morgan fingerprint density at radius 2 is 1.93 bits per heavy atom. The van der Waals surface area contributed by atoms with Crippen LogP contribution in [0, 0.1) is 0 Å². The molecule has 0 atom stereocenters. The summed E-state index contributed by atoms with van der Waals surface area (Å²) >= 11 is 0. The minimum absolute atomic E-state index is 0.114. The van der Waals surface area contributed by atoms with E-state index in [-0.39, 0.29) is 18.4 Å². The summed E-state index contributed by atoms with van der Waals surface area (Å²) in [6.45, 7) is -0.114. The smallest absolute Gasteiger partial charge is 0.262 e. The highest BCUT2D eigenvalue weighted by Gasteiger charge is 2.18. The number of hydrogen-bond donors (Lipinski definition) is 1. The lowest BCUT2D eigenvalue weighted by Gasteiger charge is -2.12. The largest absolute Gasteiger partial charge is 0.484 e. The normalized spacial score (nSPS) is 13.0. The average Bonchev–Trinajstić information content (AvgIpc) is 3.10. The van der Waals surface area contributed by atoms with Crippen molar-refractivity contribution in [3.8, 4) is 5.75 Å². The molecule has 0 radical (unpaired) electrons. The van der Waals surface area contributed by atoms with Gasteiger partial charge in [0.2, 0.25) is 0 Å². The van der Waals surface area contributed by atoms with Gasteiger partial charge in [-0.1, -0.05) is 6.07 Å². The maximum atomic E-state index is 12.3. The molecule has 2 aromatic carbocycles. The Morgan fingerprint density at radius 3 is 2.76 bits per heavy atom. The summed E-state index contributed by atoms with van der Waals surface area (Å²) in [6.07, 6.45) is 4.34. The highest BCUT2D eigenvalue weighted by Crippen LogP contribution is 2.33. The number of anilines is 1. The van der Waals surface area contributed by atoms with Gasteiger partial charge in [0.25, 0.3) is 11.8 Å². The van der Waals surface area contributed by atoms with E-state index < -0.39 is 0 Å². The molecule has 1 aliphatic carbocycles. The average molecular weight is 392 g/mol. The number of ether oxygens (including phenoxy) is 1. The molecule has 0 spiro atoms. The van der Waals surface area contributed by atoms with Crippen LogP contribution in [0.3, 0.4) is 0 Å². The number of benzene rings is 2. The van der Waals surface area contributed by atoms with Crippen molar-refractivity contribution in [1.29, 1.82) is 0 Å². The minimum Gasteiger partial charge on any atom is -0.484 e. The monoisotopic (exact) mass is 392 g/mol. The summed E-state index contributed by atoms with van der Waals surface area (Å²) in [5, 5.41) is 3.85. The quantitative estimate of drug-likeness (QED) is 0.712. The van der Waals surface area contributed by atoms with E-state index in [9.17, 15) is 9.59 Å². The summed E-state index contributed by atoms with van der Waals surface area (Å²) in [5.74, 6) is 1.31. The second-order valence-corrected chi connectivity index (χ2v) is 7.49. The van der Waals surface area contributed by atoms with Crippen molar-refractivity contribution in [2.75, 3.05) is 26.0 Å². The maximum Gasteiger partial charge on any atom is 0.262 e. The molecule has 0 saturated carbocycles. The zero-order valence-electron chi connectivity index (χ0n) is 16.7. The van der Waals surface area contributed by atoms with Crippen molar-refractivity contribution in [3.05, 3.63) is 59.4 Å². The van der Waals surface area contributed by atoms with Gasteiger partial charge in [0.15, 0.2) is 6.61 Å². The van der Waals surface area contributed by atoms with Gasteiger partial charge in [-0.05, 0) is 55.7 Å². The standard InChI is InChI=1S/C23H24N2O4/c1-25(2)23(27)15-6-5-7-16(12-15)24-22(26)14-28-17-10-11-21-19(13-17)18-8-3-4-9-20(18)29-21/h5-7,10-13H,3-4,8-9,14H2,1-2H3,(H,24,26). The van der Waals surface area contributed by atoms with E-state index in [4.69, 9.17) is 9.15 Å². The first kappa shape index (κ1) is 19.1. The van der Waals surface area contributed by atoms with Gasteiger partial charge in [-0.25, -0.2) is 0 Å². The Bertz CT molecular complexity index is 1070. The Kier molecular flexibility index (Phi) is 5.25. The molecule has 0 unspecified atom stereocenters. The topological polar surface area (TPSA) is 71.8 Å². The van der Waals surface area contributed by atoms with Crippen LogP contribution in [0.4, 0.5) is 5.69 Å². The molecule has 6 heteroatoms. The summed E-state index contributed by atoms with van der Waals surface area (Å²) < 4.78 is 11.6. The summed E-state index contributed by atoms with van der Waals surface area (Å²) in [7, 11) is 3.38. The first-order valence-corrected chi connectivity index (χ1v) is 9.80. The van der Waals surface area contributed by atoms with E-state index in [0.717, 1.165) is 36.0 Å². The van der Waals surface area contributed by atoms with Crippen LogP contribution < -0.4 is 10.1 Å². The van der Waals surface area contributed by atoms with Gasteiger partial charge < -0.3 is 19.4 Å². The van der Waals surface area contributed by atoms with Gasteiger partial charge in [-0.3, -0.25) is 9.59 Å². The second-order valence-electron chi connectivity index (χ2n) is 7.49. The van der Waals surface area contributed by atoms with Gasteiger partial charge in [-0.2, -0.15) is 0 Å². The molecule has 0 bridgehead atoms. The minimum atomic E-state index is -0.284. The van der Waals surface area contributed by atoms with Crippen LogP contribution in [0.2, 0.25) is 0 Å². The fourth-order valence-corrected chi connectivity index (χ4v) is 3.67. The number of carbonyl (C=O) groups excluding carboxylic acids is 2. The van der Waals surface area contributed by atoms with Gasteiger partial charge >= 0.3 is 0 Å². The van der Waals surface area contributed by atoms with E-state index in [2.05, 4.69) is 5.32 Å². The molecule has 0 saturated heterocycles. The molecular weight excluding hydrogens is 368 g/mol. The van der Waals surface area contributed by atoms with Crippen LogP contribution in [0.15, 0.2) is 46.9 Å². The Labute approximate surface area is 169 Å². The number of amides is 2. The number of fused-ring (bicyclic) bond motifs is 3. The molecule has 0 fully saturated rings. The van der Waals surface area contributed by atoms with E-state index in [1.165, 1.54) is 16.9 Å². The molecule has 1 N–H and O–H groups in total. The molecule has 1 aromatic heterocycles. The molecular formula is C23H24N2O4. The van der Waals surface area contributed by atoms with Gasteiger partial charge in [0.05, 0.1) is 0 Å². The Morgan fingerprint density at radius 1 is 1.10 bits per heavy atom. The number of nitrogens with zero attached hydrogens (tertiary/aromatic N) is 1. The SMILES string of the molecule is CN(C)C(=O)c1cccc(NC(=O)COc2ccc3oc4c(c3c2)CCCC4)c1. The van der Waals surface area contributed by atoms with Crippen LogP contribution in [-0.2, 0) is 17.6 Å². The molecule has 6 nitrogen and oxygen atoms in total. The highest BCUT2D eigenvalue weighted by molar-refractivity contribution is 5.97. The zero-order valence-corrected chi connectivity index (χ0v) is 16.7. The van der Waals surface area contributed by atoms with Gasteiger partial charge in [0, 0.05) is 42.7 Å². The van der Waals surface area contributed by atoms with Gasteiger partial charge in [-0.15, -0.1) is 0 Å². The lowest BCUT2D eigenvalue weighted by Crippen LogP contribution is -2.23. The molecule has 4 rings (SSSR count). The first-order valence-electron chi connectivity index (χ1n) is 9.80. The van der Waals surface area contributed by atoms with Crippen molar-refractivity contribution in [2.45, 2.75) is 25.7 Å². The predicted octanol–water partition coefficient (Wildman–Crippen LogP) is 4.03. The van der Waals surface area contributed by atoms with Crippen molar-refractivity contribution in [3.63, 3.8) is 0 Å². The third kappa shape index (κ3) is 4.11. The van der Waals surface area contributed by atoms with E-state index >= 15 is 0 Å². The van der Waals surface area contributed by atoms with Crippen LogP contribution in [-0.4, -0.2) is 37.4 Å². The lowest BCUT2D eigenvalue weighted by molar-refractivity contribution is -0.118. The molecule has 2 amide bonds. The zero-order chi connectivity index (χ0) is 20.4. The summed E-state index contributed by atoms with van der Waals surface area (Å²) in [6, 6.07) is 12.5. The van der Waals surface area contributed by atoms with Crippen molar-refractivity contribution in [2.24, 2.45) is 0 Å². The lowest BCUT2D eigenvalue weighted by atomic mass is 9.96. The second kappa shape index (κ2) is 7.99. The van der Waals surface area contributed by atoms with Gasteiger partial charge in [0.1, 0.15) is 17.1 Å². The fourth-order valence-electron chi connectivity index (χ4n) is 3.67. The highest BCUT2D eigenvalue weighted by atomic mass is 16.5. The number of carbonyl (C=O) groups is 2. The Balaban J connectivity index is 1.41. The number of furan rings is 1. The fraction of sp³-hybridized carbons (Fsp3) is 0.304. The van der Waals surface area contributed by atoms with Crippen molar-refractivity contribution >= 4 is 28.5 Å². The van der Waals surface area contributed by atoms with Crippen LogP contribution in [0.1, 0.15) is 34.5 Å². The van der Waals surface area contributed by atoms with E-state index in [1.54, 1.807) is 38.4 Å². The molecule has 1 aliphatic rings. The van der Waals surface area contributed by atoms with Crippen LogP contribution in [0.25, 0.3) is 11.0 Å². The van der Waals surface area contributed by atoms with E-state index in [0.29, 0.717) is 17.0 Å². The summed E-state index contributed by atoms with van der Waals surface area (Å²) in [4.78, 5) is 25.9.